The molecule has 3 nitrogen and oxygen atoms in total. The summed E-state index contributed by atoms with van der Waals surface area (Å²) in [6, 6.07) is 17.4. The molecule has 112 valence electrons. The quantitative estimate of drug-likeness (QED) is 0.879. The van der Waals surface area contributed by atoms with Crippen molar-refractivity contribution in [3.63, 3.8) is 0 Å². The van der Waals surface area contributed by atoms with Crippen LogP contribution in [0.4, 0.5) is 5.69 Å². The van der Waals surface area contributed by atoms with Crippen molar-refractivity contribution in [3.8, 4) is 11.8 Å². The molecule has 0 radical (unpaired) electrons. The molecular formula is C19H20N2O. The molecule has 1 amide bonds. The van der Waals surface area contributed by atoms with E-state index in [1.165, 1.54) is 0 Å². The third kappa shape index (κ3) is 5.08. The highest BCUT2D eigenvalue weighted by molar-refractivity contribution is 5.92. The van der Waals surface area contributed by atoms with Crippen LogP contribution < -0.4 is 5.32 Å². The molecule has 0 saturated heterocycles. The average molecular weight is 292 g/mol. The van der Waals surface area contributed by atoms with Crippen molar-refractivity contribution in [2.45, 2.75) is 6.92 Å². The second kappa shape index (κ2) is 8.02. The minimum atomic E-state index is -0.00697. The van der Waals surface area contributed by atoms with E-state index >= 15 is 0 Å². The molecule has 2 aromatic carbocycles. The van der Waals surface area contributed by atoms with Gasteiger partial charge in [0.2, 0.25) is 5.91 Å². The minimum Gasteiger partial charge on any atom is -0.325 e. The maximum Gasteiger partial charge on any atom is 0.238 e. The second-order valence-electron chi connectivity index (χ2n) is 5.07. The fraction of sp³-hybridized carbons (Fsp3) is 0.211. The molecule has 0 spiro atoms. The summed E-state index contributed by atoms with van der Waals surface area (Å²) in [5, 5.41) is 2.88. The summed E-state index contributed by atoms with van der Waals surface area (Å²) in [5.74, 6) is 6.22. The zero-order valence-electron chi connectivity index (χ0n) is 13.0. The van der Waals surface area contributed by atoms with Crippen molar-refractivity contribution < 1.29 is 4.79 Å². The molecule has 0 unspecified atom stereocenters. The molecule has 0 aliphatic heterocycles. The summed E-state index contributed by atoms with van der Waals surface area (Å²) in [7, 11) is 1.92. The Balaban J connectivity index is 1.96. The molecule has 0 fully saturated rings. The fourth-order valence-corrected chi connectivity index (χ4v) is 1.86. The van der Waals surface area contributed by atoms with Gasteiger partial charge in [0.1, 0.15) is 0 Å². The number of hydrogen-bond acceptors (Lipinski definition) is 2. The van der Waals surface area contributed by atoms with Gasteiger partial charge in [-0.05, 0) is 50.0 Å². The lowest BCUT2D eigenvalue weighted by atomic mass is 10.1. The normalized spacial score (nSPS) is 9.95. The van der Waals surface area contributed by atoms with Gasteiger partial charge in [0.05, 0.1) is 6.54 Å². The van der Waals surface area contributed by atoms with E-state index in [0.717, 1.165) is 23.4 Å². The number of amides is 1. The van der Waals surface area contributed by atoms with Gasteiger partial charge in [-0.15, -0.1) is 0 Å². The Morgan fingerprint density at radius 1 is 1.00 bits per heavy atom. The van der Waals surface area contributed by atoms with Gasteiger partial charge in [0.15, 0.2) is 0 Å². The lowest BCUT2D eigenvalue weighted by Crippen LogP contribution is -2.29. The molecular weight excluding hydrogens is 272 g/mol. The van der Waals surface area contributed by atoms with E-state index in [2.05, 4.69) is 17.2 Å². The van der Waals surface area contributed by atoms with Crippen LogP contribution in [0, 0.1) is 11.8 Å². The summed E-state index contributed by atoms with van der Waals surface area (Å²) >= 11 is 0. The zero-order chi connectivity index (χ0) is 15.8. The molecule has 0 aliphatic carbocycles. The first-order valence-electron chi connectivity index (χ1n) is 7.33. The van der Waals surface area contributed by atoms with Gasteiger partial charge >= 0.3 is 0 Å². The number of carbonyl (C=O) groups excluding carboxylic acids is 1. The van der Waals surface area contributed by atoms with Gasteiger partial charge < -0.3 is 5.32 Å². The Morgan fingerprint density at radius 3 is 2.18 bits per heavy atom. The minimum absolute atomic E-state index is 0.00697. The van der Waals surface area contributed by atoms with Crippen molar-refractivity contribution >= 4 is 11.6 Å². The first kappa shape index (κ1) is 15.8. The first-order chi connectivity index (χ1) is 10.7. The Morgan fingerprint density at radius 2 is 1.59 bits per heavy atom. The van der Waals surface area contributed by atoms with E-state index in [1.807, 2.05) is 73.5 Å². The number of nitrogens with one attached hydrogen (secondary N) is 1. The van der Waals surface area contributed by atoms with E-state index in [1.54, 1.807) is 0 Å². The molecule has 2 aromatic rings. The van der Waals surface area contributed by atoms with Gasteiger partial charge in [-0.2, -0.15) is 0 Å². The van der Waals surface area contributed by atoms with Crippen molar-refractivity contribution in [2.75, 3.05) is 25.5 Å². The van der Waals surface area contributed by atoms with Crippen LogP contribution in [0.25, 0.3) is 0 Å². The Labute approximate surface area is 132 Å². The summed E-state index contributed by atoms with van der Waals surface area (Å²) in [4.78, 5) is 13.8. The number of likely N-dealkylation sites (N-methyl/N-ethyl adjacent to an activating group) is 1. The van der Waals surface area contributed by atoms with Crippen LogP contribution >= 0.6 is 0 Å². The monoisotopic (exact) mass is 292 g/mol. The molecule has 0 aliphatic rings. The molecule has 0 atom stereocenters. The van der Waals surface area contributed by atoms with Crippen LogP contribution in [0.1, 0.15) is 18.1 Å². The Kier molecular flexibility index (Phi) is 5.76. The lowest BCUT2D eigenvalue weighted by Gasteiger charge is -2.13. The van der Waals surface area contributed by atoms with Crippen LogP contribution in [0.2, 0.25) is 0 Å². The fourth-order valence-electron chi connectivity index (χ4n) is 1.86. The van der Waals surface area contributed by atoms with Crippen molar-refractivity contribution in [1.29, 1.82) is 0 Å². The van der Waals surface area contributed by atoms with Gasteiger partial charge in [-0.3, -0.25) is 9.69 Å². The van der Waals surface area contributed by atoms with E-state index < -0.39 is 0 Å². The molecule has 0 bridgehead atoms. The Hall–Kier alpha value is -2.57. The van der Waals surface area contributed by atoms with E-state index in [4.69, 9.17) is 0 Å². The number of anilines is 1. The average Bonchev–Trinajstić information content (AvgIpc) is 2.55. The molecule has 0 saturated carbocycles. The molecule has 1 N–H and O–H groups in total. The smallest absolute Gasteiger partial charge is 0.238 e. The van der Waals surface area contributed by atoms with Crippen LogP contribution in [0.3, 0.4) is 0 Å². The summed E-state index contributed by atoms with van der Waals surface area (Å²) in [5.41, 5.74) is 2.70. The standard InChI is InChI=1S/C19H20N2O/c1-3-21(2)15-19(22)20-18-13-11-17(12-14-18)10-9-16-7-5-4-6-8-16/h4-8,11-14H,3,15H2,1-2H3,(H,20,22). The maximum absolute atomic E-state index is 11.8. The summed E-state index contributed by atoms with van der Waals surface area (Å²) in [6.07, 6.45) is 0. The lowest BCUT2D eigenvalue weighted by molar-refractivity contribution is -0.117. The van der Waals surface area contributed by atoms with E-state index in [9.17, 15) is 4.79 Å². The van der Waals surface area contributed by atoms with E-state index in [-0.39, 0.29) is 5.91 Å². The highest BCUT2D eigenvalue weighted by atomic mass is 16.2. The van der Waals surface area contributed by atoms with Crippen molar-refractivity contribution in [1.82, 2.24) is 4.90 Å². The molecule has 0 heterocycles. The van der Waals surface area contributed by atoms with Crippen molar-refractivity contribution in [3.05, 3.63) is 65.7 Å². The predicted molar refractivity (Wildman–Crippen MR) is 90.7 cm³/mol. The van der Waals surface area contributed by atoms with Crippen LogP contribution in [0.5, 0.6) is 0 Å². The van der Waals surface area contributed by atoms with Gasteiger partial charge in [-0.25, -0.2) is 0 Å². The third-order valence-corrected chi connectivity index (χ3v) is 3.25. The third-order valence-electron chi connectivity index (χ3n) is 3.25. The molecule has 3 heteroatoms. The van der Waals surface area contributed by atoms with Gasteiger partial charge in [0.25, 0.3) is 0 Å². The number of carbonyl (C=O) groups is 1. The molecule has 22 heavy (non-hydrogen) atoms. The molecule has 2 rings (SSSR count). The van der Waals surface area contributed by atoms with Crippen LogP contribution in [-0.2, 0) is 4.79 Å². The highest BCUT2D eigenvalue weighted by Gasteiger charge is 2.04. The Bertz CT molecular complexity index is 666. The summed E-state index contributed by atoms with van der Waals surface area (Å²) in [6.45, 7) is 3.26. The predicted octanol–water partition coefficient (Wildman–Crippen LogP) is 2.98. The number of nitrogens with zero attached hydrogens (tertiary/aromatic N) is 1. The number of hydrogen-bond donors (Lipinski definition) is 1. The highest BCUT2D eigenvalue weighted by Crippen LogP contribution is 2.09. The topological polar surface area (TPSA) is 32.3 Å². The van der Waals surface area contributed by atoms with Crippen molar-refractivity contribution in [2.24, 2.45) is 0 Å². The summed E-state index contributed by atoms with van der Waals surface area (Å²) < 4.78 is 0. The molecule has 0 aromatic heterocycles. The maximum atomic E-state index is 11.8. The second-order valence-corrected chi connectivity index (χ2v) is 5.07. The van der Waals surface area contributed by atoms with Gasteiger partial charge in [-0.1, -0.05) is 37.0 Å². The SMILES string of the molecule is CCN(C)CC(=O)Nc1ccc(C#Cc2ccccc2)cc1. The number of rotatable bonds is 4. The van der Waals surface area contributed by atoms with E-state index in [0.29, 0.717) is 6.54 Å². The zero-order valence-corrected chi connectivity index (χ0v) is 13.0. The van der Waals surface area contributed by atoms with Crippen LogP contribution in [-0.4, -0.2) is 30.9 Å². The number of benzene rings is 2. The largest absolute Gasteiger partial charge is 0.325 e. The first-order valence-corrected chi connectivity index (χ1v) is 7.33. The van der Waals surface area contributed by atoms with Gasteiger partial charge in [0, 0.05) is 16.8 Å². The van der Waals surface area contributed by atoms with Crippen LogP contribution in [0.15, 0.2) is 54.6 Å².